The molecule has 2 aliphatic heterocycles. The van der Waals surface area contributed by atoms with Crippen LogP contribution in [-0.2, 0) is 0 Å². The maximum absolute atomic E-state index is 11.9. The first-order valence-electron chi connectivity index (χ1n) is 6.04. The van der Waals surface area contributed by atoms with E-state index in [1.165, 1.54) is 6.42 Å². The van der Waals surface area contributed by atoms with Crippen LogP contribution >= 0.6 is 0 Å². The lowest BCUT2D eigenvalue weighted by molar-refractivity contribution is 0.188. The number of nitrogens with one attached hydrogen (secondary N) is 1. The zero-order valence-corrected chi connectivity index (χ0v) is 9.41. The predicted octanol–water partition coefficient (Wildman–Crippen LogP) is 0.918. The molecule has 0 spiro atoms. The lowest BCUT2D eigenvalue weighted by Crippen LogP contribution is -2.44. The number of carbonyl (C=O) groups is 1. The molecule has 3 unspecified atom stereocenters. The lowest BCUT2D eigenvalue weighted by Gasteiger charge is -2.24. The van der Waals surface area contributed by atoms with E-state index in [0.29, 0.717) is 18.0 Å². The molecule has 0 aromatic heterocycles. The molecule has 2 aliphatic rings. The van der Waals surface area contributed by atoms with E-state index >= 15 is 0 Å². The third-order valence-electron chi connectivity index (χ3n) is 3.73. The Kier molecular flexibility index (Phi) is 3.14. The van der Waals surface area contributed by atoms with Crippen LogP contribution in [0.2, 0.25) is 0 Å². The standard InChI is InChI=1S/C11H21N3O/c1-2-5-13-11(15)14-9-3-4-10(14)8(6-9)7-12/h8-10H,2-7,12H2,1H3,(H,13,15). The Morgan fingerprint density at radius 1 is 1.53 bits per heavy atom. The van der Waals surface area contributed by atoms with Gasteiger partial charge in [0, 0.05) is 18.6 Å². The quantitative estimate of drug-likeness (QED) is 0.729. The number of rotatable bonds is 3. The number of nitrogens with two attached hydrogens (primary N) is 1. The summed E-state index contributed by atoms with van der Waals surface area (Å²) in [7, 11) is 0. The Morgan fingerprint density at radius 3 is 2.93 bits per heavy atom. The van der Waals surface area contributed by atoms with E-state index < -0.39 is 0 Å². The van der Waals surface area contributed by atoms with E-state index in [9.17, 15) is 4.79 Å². The SMILES string of the molecule is CCCNC(=O)N1C2CCC1C(CN)C2. The van der Waals surface area contributed by atoms with Crippen LogP contribution in [0.25, 0.3) is 0 Å². The fourth-order valence-corrected chi connectivity index (χ4v) is 3.01. The summed E-state index contributed by atoms with van der Waals surface area (Å²) in [4.78, 5) is 13.9. The molecule has 0 aromatic carbocycles. The monoisotopic (exact) mass is 211 g/mol. The first kappa shape index (κ1) is 10.7. The highest BCUT2D eigenvalue weighted by molar-refractivity contribution is 5.75. The second kappa shape index (κ2) is 4.39. The number of fused-ring (bicyclic) bond motifs is 2. The molecule has 2 rings (SSSR count). The number of amides is 2. The van der Waals surface area contributed by atoms with Crippen molar-refractivity contribution in [1.29, 1.82) is 0 Å². The molecular weight excluding hydrogens is 190 g/mol. The summed E-state index contributed by atoms with van der Waals surface area (Å²) in [6, 6.07) is 0.998. The van der Waals surface area contributed by atoms with E-state index in [0.717, 1.165) is 32.4 Å². The highest BCUT2D eigenvalue weighted by Gasteiger charge is 2.47. The normalized spacial score (nSPS) is 33.5. The number of hydrogen-bond acceptors (Lipinski definition) is 2. The van der Waals surface area contributed by atoms with Gasteiger partial charge >= 0.3 is 6.03 Å². The van der Waals surface area contributed by atoms with Crippen molar-refractivity contribution in [3.8, 4) is 0 Å². The number of carbonyl (C=O) groups excluding carboxylic acids is 1. The third-order valence-corrected chi connectivity index (χ3v) is 3.73. The van der Waals surface area contributed by atoms with Gasteiger partial charge in [0.05, 0.1) is 0 Å². The van der Waals surface area contributed by atoms with Gasteiger partial charge in [0.2, 0.25) is 0 Å². The average Bonchev–Trinajstić information content (AvgIpc) is 2.82. The molecule has 0 aromatic rings. The van der Waals surface area contributed by atoms with Crippen LogP contribution in [-0.4, -0.2) is 36.1 Å². The molecule has 3 atom stereocenters. The van der Waals surface area contributed by atoms with E-state index in [1.807, 2.05) is 4.90 Å². The molecule has 15 heavy (non-hydrogen) atoms. The largest absolute Gasteiger partial charge is 0.338 e. The van der Waals surface area contributed by atoms with E-state index in [1.54, 1.807) is 0 Å². The summed E-state index contributed by atoms with van der Waals surface area (Å²) in [5.41, 5.74) is 5.72. The van der Waals surface area contributed by atoms with Gasteiger partial charge in [-0.15, -0.1) is 0 Å². The smallest absolute Gasteiger partial charge is 0.317 e. The van der Waals surface area contributed by atoms with Crippen LogP contribution in [0.3, 0.4) is 0 Å². The summed E-state index contributed by atoms with van der Waals surface area (Å²) < 4.78 is 0. The molecule has 3 N–H and O–H groups in total. The van der Waals surface area contributed by atoms with Crippen LogP contribution in [0.1, 0.15) is 32.6 Å². The molecule has 0 saturated carbocycles. The van der Waals surface area contributed by atoms with Crippen molar-refractivity contribution < 1.29 is 4.79 Å². The number of urea groups is 1. The van der Waals surface area contributed by atoms with Crippen LogP contribution in [0.5, 0.6) is 0 Å². The highest BCUT2D eigenvalue weighted by Crippen LogP contribution is 2.40. The molecule has 2 amide bonds. The van der Waals surface area contributed by atoms with Gasteiger partial charge in [-0.1, -0.05) is 6.92 Å². The highest BCUT2D eigenvalue weighted by atomic mass is 16.2. The molecule has 4 nitrogen and oxygen atoms in total. The van der Waals surface area contributed by atoms with E-state index in [4.69, 9.17) is 5.73 Å². The Balaban J connectivity index is 1.96. The molecule has 2 saturated heterocycles. The zero-order valence-electron chi connectivity index (χ0n) is 9.41. The fraction of sp³-hybridized carbons (Fsp3) is 0.909. The van der Waals surface area contributed by atoms with Crippen molar-refractivity contribution >= 4 is 6.03 Å². The first-order chi connectivity index (χ1) is 7.27. The van der Waals surface area contributed by atoms with Gasteiger partial charge in [0.1, 0.15) is 0 Å². The molecule has 0 radical (unpaired) electrons. The van der Waals surface area contributed by atoms with Crippen LogP contribution < -0.4 is 11.1 Å². The minimum atomic E-state index is 0.125. The van der Waals surface area contributed by atoms with Gasteiger partial charge in [-0.05, 0) is 38.1 Å². The van der Waals surface area contributed by atoms with Gasteiger partial charge in [0.15, 0.2) is 0 Å². The Hall–Kier alpha value is -0.770. The topological polar surface area (TPSA) is 58.4 Å². The van der Waals surface area contributed by atoms with Crippen LogP contribution in [0.4, 0.5) is 4.79 Å². The molecule has 2 fully saturated rings. The van der Waals surface area contributed by atoms with Crippen molar-refractivity contribution in [3.05, 3.63) is 0 Å². The van der Waals surface area contributed by atoms with Crippen molar-refractivity contribution in [2.75, 3.05) is 13.1 Å². The second-order valence-corrected chi connectivity index (χ2v) is 4.67. The van der Waals surface area contributed by atoms with Crippen molar-refractivity contribution in [2.24, 2.45) is 11.7 Å². The molecule has 86 valence electrons. The maximum atomic E-state index is 11.9. The summed E-state index contributed by atoms with van der Waals surface area (Å²) >= 11 is 0. The Bertz CT molecular complexity index is 244. The molecule has 2 heterocycles. The minimum absolute atomic E-state index is 0.125. The summed E-state index contributed by atoms with van der Waals surface area (Å²) in [5.74, 6) is 0.538. The van der Waals surface area contributed by atoms with Crippen molar-refractivity contribution in [2.45, 2.75) is 44.7 Å². The minimum Gasteiger partial charge on any atom is -0.338 e. The average molecular weight is 211 g/mol. The summed E-state index contributed by atoms with van der Waals surface area (Å²) in [6.07, 6.45) is 4.42. The lowest BCUT2D eigenvalue weighted by atomic mass is 9.89. The second-order valence-electron chi connectivity index (χ2n) is 4.67. The van der Waals surface area contributed by atoms with Gasteiger partial charge in [-0.3, -0.25) is 0 Å². The maximum Gasteiger partial charge on any atom is 0.317 e. The predicted molar refractivity (Wildman–Crippen MR) is 59.5 cm³/mol. The number of nitrogens with zero attached hydrogens (tertiary/aromatic N) is 1. The van der Waals surface area contributed by atoms with Crippen molar-refractivity contribution in [1.82, 2.24) is 10.2 Å². The van der Waals surface area contributed by atoms with Crippen molar-refractivity contribution in [3.63, 3.8) is 0 Å². The fourth-order valence-electron chi connectivity index (χ4n) is 3.01. The van der Waals surface area contributed by atoms with Gasteiger partial charge in [-0.25, -0.2) is 4.79 Å². The summed E-state index contributed by atoms with van der Waals surface area (Å²) in [5, 5.41) is 2.97. The van der Waals surface area contributed by atoms with Gasteiger partial charge in [0.25, 0.3) is 0 Å². The molecule has 2 bridgehead atoms. The Morgan fingerprint density at radius 2 is 2.33 bits per heavy atom. The van der Waals surface area contributed by atoms with E-state index in [2.05, 4.69) is 12.2 Å². The zero-order chi connectivity index (χ0) is 10.8. The van der Waals surface area contributed by atoms with Gasteiger partial charge < -0.3 is 16.0 Å². The Labute approximate surface area is 91.2 Å². The van der Waals surface area contributed by atoms with E-state index in [-0.39, 0.29) is 6.03 Å². The molecule has 0 aliphatic carbocycles. The summed E-state index contributed by atoms with van der Waals surface area (Å²) in [6.45, 7) is 3.57. The van der Waals surface area contributed by atoms with Crippen LogP contribution in [0.15, 0.2) is 0 Å². The third kappa shape index (κ3) is 1.83. The molecular formula is C11H21N3O. The molecule has 4 heteroatoms. The van der Waals surface area contributed by atoms with Crippen LogP contribution in [0, 0.1) is 5.92 Å². The van der Waals surface area contributed by atoms with Gasteiger partial charge in [-0.2, -0.15) is 0 Å². The number of hydrogen-bond donors (Lipinski definition) is 2. The first-order valence-corrected chi connectivity index (χ1v) is 6.04.